The Labute approximate surface area is 139 Å². The van der Waals surface area contributed by atoms with E-state index in [4.69, 9.17) is 0 Å². The summed E-state index contributed by atoms with van der Waals surface area (Å²) in [6, 6.07) is 17.1. The van der Waals surface area contributed by atoms with Gasteiger partial charge in [0.25, 0.3) is 0 Å². The third-order valence-corrected chi connectivity index (χ3v) is 4.07. The molecule has 0 heterocycles. The molecule has 0 aliphatic carbocycles. The lowest BCUT2D eigenvalue weighted by Gasteiger charge is -2.18. The molecule has 0 aliphatic rings. The second kappa shape index (κ2) is 6.79. The molecule has 1 amide bonds. The Morgan fingerprint density at radius 3 is 2.50 bits per heavy atom. The van der Waals surface area contributed by atoms with Gasteiger partial charge in [0.05, 0.1) is 6.42 Å². The summed E-state index contributed by atoms with van der Waals surface area (Å²) >= 11 is 0. The molecule has 3 aromatic carbocycles. The number of fused-ring (bicyclic) bond motifs is 1. The van der Waals surface area contributed by atoms with E-state index in [-0.39, 0.29) is 18.9 Å². The van der Waals surface area contributed by atoms with E-state index in [0.29, 0.717) is 5.56 Å². The summed E-state index contributed by atoms with van der Waals surface area (Å²) in [6.07, 6.45) is 0.237. The van der Waals surface area contributed by atoms with Crippen LogP contribution in [-0.2, 0) is 17.8 Å². The van der Waals surface area contributed by atoms with Gasteiger partial charge < -0.3 is 4.90 Å². The maximum absolute atomic E-state index is 13.7. The van der Waals surface area contributed by atoms with E-state index in [1.54, 1.807) is 7.05 Å². The normalized spacial score (nSPS) is 10.8. The topological polar surface area (TPSA) is 20.3 Å². The molecule has 0 saturated carbocycles. The monoisotopic (exact) mass is 325 g/mol. The fourth-order valence-corrected chi connectivity index (χ4v) is 2.74. The molecule has 24 heavy (non-hydrogen) atoms. The fraction of sp³-hybridized carbons (Fsp3) is 0.150. The fourth-order valence-electron chi connectivity index (χ4n) is 2.74. The van der Waals surface area contributed by atoms with E-state index in [2.05, 4.69) is 0 Å². The van der Waals surface area contributed by atoms with Gasteiger partial charge in [-0.3, -0.25) is 4.79 Å². The maximum Gasteiger partial charge on any atom is 0.227 e. The lowest BCUT2D eigenvalue weighted by atomic mass is 10.0. The van der Waals surface area contributed by atoms with Gasteiger partial charge in [0.2, 0.25) is 5.91 Å². The van der Waals surface area contributed by atoms with Gasteiger partial charge in [0.1, 0.15) is 11.6 Å². The molecule has 0 aromatic heterocycles. The van der Waals surface area contributed by atoms with E-state index >= 15 is 0 Å². The average molecular weight is 325 g/mol. The molecule has 3 rings (SSSR count). The van der Waals surface area contributed by atoms with Gasteiger partial charge in [-0.15, -0.1) is 0 Å². The van der Waals surface area contributed by atoms with Crippen molar-refractivity contribution in [3.05, 3.63) is 83.4 Å². The van der Waals surface area contributed by atoms with Gasteiger partial charge in [0.15, 0.2) is 0 Å². The SMILES string of the molecule is CN(Cc1ccc(F)cc1F)C(=O)Cc1cccc2ccccc12. The van der Waals surface area contributed by atoms with Crippen LogP contribution in [0.25, 0.3) is 10.8 Å². The van der Waals surface area contributed by atoms with Crippen molar-refractivity contribution in [2.45, 2.75) is 13.0 Å². The Kier molecular flexibility index (Phi) is 4.56. The van der Waals surface area contributed by atoms with E-state index in [1.165, 1.54) is 17.0 Å². The summed E-state index contributed by atoms with van der Waals surface area (Å²) in [5.41, 5.74) is 1.23. The highest BCUT2D eigenvalue weighted by Gasteiger charge is 2.14. The Morgan fingerprint density at radius 1 is 0.958 bits per heavy atom. The quantitative estimate of drug-likeness (QED) is 0.699. The standard InChI is InChI=1S/C20H17F2NO/c1-23(13-16-9-10-17(21)12-19(16)22)20(24)11-15-7-4-6-14-5-2-3-8-18(14)15/h2-10,12H,11,13H2,1H3. The number of halogens is 2. The summed E-state index contributed by atoms with van der Waals surface area (Å²) in [5.74, 6) is -1.38. The average Bonchev–Trinajstić information content (AvgIpc) is 2.57. The van der Waals surface area contributed by atoms with Crippen molar-refractivity contribution in [2.75, 3.05) is 7.05 Å². The second-order valence-corrected chi connectivity index (χ2v) is 5.80. The van der Waals surface area contributed by atoms with E-state index < -0.39 is 11.6 Å². The van der Waals surface area contributed by atoms with Gasteiger partial charge in [0, 0.05) is 25.2 Å². The largest absolute Gasteiger partial charge is 0.341 e. The molecule has 0 bridgehead atoms. The van der Waals surface area contributed by atoms with Gasteiger partial charge in [-0.1, -0.05) is 48.5 Å². The Hall–Kier alpha value is -2.75. The number of carbonyl (C=O) groups excluding carboxylic acids is 1. The molecule has 0 atom stereocenters. The van der Waals surface area contributed by atoms with Crippen LogP contribution in [-0.4, -0.2) is 17.9 Å². The second-order valence-electron chi connectivity index (χ2n) is 5.80. The van der Waals surface area contributed by atoms with Gasteiger partial charge in [-0.25, -0.2) is 8.78 Å². The summed E-state index contributed by atoms with van der Waals surface area (Å²) in [5, 5.41) is 2.12. The van der Waals surface area contributed by atoms with Crippen LogP contribution in [0.2, 0.25) is 0 Å². The Balaban J connectivity index is 1.76. The number of rotatable bonds is 4. The molecule has 0 radical (unpaired) electrons. The predicted molar refractivity (Wildman–Crippen MR) is 90.5 cm³/mol. The first-order chi connectivity index (χ1) is 11.5. The summed E-state index contributed by atoms with van der Waals surface area (Å²) in [7, 11) is 1.62. The maximum atomic E-state index is 13.7. The zero-order chi connectivity index (χ0) is 17.1. The number of hydrogen-bond donors (Lipinski definition) is 0. The highest BCUT2D eigenvalue weighted by molar-refractivity contribution is 5.90. The molecule has 0 aliphatic heterocycles. The molecule has 0 unspecified atom stereocenters. The van der Waals surface area contributed by atoms with Crippen molar-refractivity contribution in [3.8, 4) is 0 Å². The molecule has 0 spiro atoms. The first-order valence-corrected chi connectivity index (χ1v) is 7.69. The van der Waals surface area contributed by atoms with Gasteiger partial charge >= 0.3 is 0 Å². The third kappa shape index (κ3) is 3.43. The molecule has 2 nitrogen and oxygen atoms in total. The first kappa shape index (κ1) is 16.1. The van der Waals surface area contributed by atoms with Crippen LogP contribution in [0.1, 0.15) is 11.1 Å². The zero-order valence-electron chi connectivity index (χ0n) is 13.3. The molecular formula is C20H17F2NO. The zero-order valence-corrected chi connectivity index (χ0v) is 13.3. The third-order valence-electron chi connectivity index (χ3n) is 4.07. The summed E-state index contributed by atoms with van der Waals surface area (Å²) < 4.78 is 26.7. The van der Waals surface area contributed by atoms with E-state index in [1.807, 2.05) is 42.5 Å². The number of hydrogen-bond acceptors (Lipinski definition) is 1. The van der Waals surface area contributed by atoms with Gasteiger partial charge in [-0.2, -0.15) is 0 Å². The smallest absolute Gasteiger partial charge is 0.227 e. The minimum absolute atomic E-state index is 0.107. The van der Waals surface area contributed by atoms with Crippen LogP contribution >= 0.6 is 0 Å². The number of likely N-dealkylation sites (N-methyl/N-ethyl adjacent to an activating group) is 1. The molecule has 0 saturated heterocycles. The minimum Gasteiger partial charge on any atom is -0.341 e. The number of amides is 1. The van der Waals surface area contributed by atoms with Crippen LogP contribution in [0.3, 0.4) is 0 Å². The van der Waals surface area contributed by atoms with E-state index in [0.717, 1.165) is 22.4 Å². The number of benzene rings is 3. The van der Waals surface area contributed by atoms with Crippen LogP contribution in [0, 0.1) is 11.6 Å². The molecule has 0 fully saturated rings. The van der Waals surface area contributed by atoms with Crippen LogP contribution in [0.15, 0.2) is 60.7 Å². The van der Waals surface area contributed by atoms with Crippen molar-refractivity contribution in [1.29, 1.82) is 0 Å². The van der Waals surface area contributed by atoms with Crippen molar-refractivity contribution < 1.29 is 13.6 Å². The van der Waals surface area contributed by atoms with Crippen molar-refractivity contribution in [3.63, 3.8) is 0 Å². The molecule has 3 aromatic rings. The highest BCUT2D eigenvalue weighted by Crippen LogP contribution is 2.20. The molecule has 0 N–H and O–H groups in total. The molecule has 4 heteroatoms. The highest BCUT2D eigenvalue weighted by atomic mass is 19.1. The van der Waals surface area contributed by atoms with Crippen LogP contribution in [0.5, 0.6) is 0 Å². The van der Waals surface area contributed by atoms with Crippen molar-refractivity contribution >= 4 is 16.7 Å². The van der Waals surface area contributed by atoms with Crippen molar-refractivity contribution in [1.82, 2.24) is 4.90 Å². The van der Waals surface area contributed by atoms with Crippen LogP contribution < -0.4 is 0 Å². The first-order valence-electron chi connectivity index (χ1n) is 7.69. The lowest BCUT2D eigenvalue weighted by Crippen LogP contribution is -2.28. The van der Waals surface area contributed by atoms with Crippen molar-refractivity contribution in [2.24, 2.45) is 0 Å². The predicted octanol–water partition coefficient (Wildman–Crippen LogP) is 4.32. The van der Waals surface area contributed by atoms with Crippen LogP contribution in [0.4, 0.5) is 8.78 Å². The minimum atomic E-state index is -0.639. The Bertz CT molecular complexity index is 886. The number of carbonyl (C=O) groups is 1. The molecule has 122 valence electrons. The molecular weight excluding hydrogens is 308 g/mol. The van der Waals surface area contributed by atoms with Gasteiger partial charge in [-0.05, 0) is 22.4 Å². The summed E-state index contributed by atoms with van der Waals surface area (Å²) in [4.78, 5) is 13.9. The number of nitrogens with zero attached hydrogens (tertiary/aromatic N) is 1. The lowest BCUT2D eigenvalue weighted by molar-refractivity contribution is -0.129. The van der Waals surface area contributed by atoms with E-state index in [9.17, 15) is 13.6 Å². The summed E-state index contributed by atoms with van der Waals surface area (Å²) in [6.45, 7) is 0.107. The Morgan fingerprint density at radius 2 is 1.71 bits per heavy atom.